The highest BCUT2D eigenvalue weighted by Crippen LogP contribution is 2.20. The Morgan fingerprint density at radius 3 is 2.52 bits per heavy atom. The number of carbonyl (C=O) groups is 1. The molecule has 3 rings (SSSR count). The summed E-state index contributed by atoms with van der Waals surface area (Å²) in [6, 6.07) is 8.43. The van der Waals surface area contributed by atoms with Crippen LogP contribution in [-0.2, 0) is 29.5 Å². The summed E-state index contributed by atoms with van der Waals surface area (Å²) in [5.74, 6) is 0.180. The van der Waals surface area contributed by atoms with Crippen LogP contribution in [0.1, 0.15) is 41.8 Å². The van der Waals surface area contributed by atoms with Gasteiger partial charge in [0.1, 0.15) is 0 Å². The van der Waals surface area contributed by atoms with Crippen molar-refractivity contribution in [1.29, 1.82) is 0 Å². The van der Waals surface area contributed by atoms with E-state index in [1.54, 1.807) is 0 Å². The van der Waals surface area contributed by atoms with E-state index in [1.807, 2.05) is 37.6 Å². The molecule has 0 saturated carbocycles. The third kappa shape index (κ3) is 5.38. The van der Waals surface area contributed by atoms with Crippen molar-refractivity contribution in [3.63, 3.8) is 0 Å². The molecule has 0 bridgehead atoms. The molecule has 1 unspecified atom stereocenters. The van der Waals surface area contributed by atoms with E-state index in [-0.39, 0.29) is 12.0 Å². The van der Waals surface area contributed by atoms with E-state index in [9.17, 15) is 4.79 Å². The van der Waals surface area contributed by atoms with Crippen molar-refractivity contribution in [3.05, 3.63) is 46.8 Å². The predicted octanol–water partition coefficient (Wildman–Crippen LogP) is 3.24. The van der Waals surface area contributed by atoms with Gasteiger partial charge < -0.3 is 14.5 Å². The number of rotatable bonds is 8. The molecule has 0 spiro atoms. The SMILES string of the molecule is Cc1nn(C)c(C)c1CCC(=O)N(Cc1ccc(N(C)C)cc1)CC1CCCO1. The van der Waals surface area contributed by atoms with Crippen LogP contribution in [-0.4, -0.2) is 53.9 Å². The monoisotopic (exact) mass is 398 g/mol. The van der Waals surface area contributed by atoms with Crippen molar-refractivity contribution in [2.24, 2.45) is 7.05 Å². The Kier molecular flexibility index (Phi) is 6.96. The van der Waals surface area contributed by atoms with Gasteiger partial charge in [0.25, 0.3) is 0 Å². The summed E-state index contributed by atoms with van der Waals surface area (Å²) in [6.45, 7) is 6.18. The molecule has 1 saturated heterocycles. The van der Waals surface area contributed by atoms with Gasteiger partial charge in [0, 0.05) is 58.6 Å². The number of hydrogen-bond donors (Lipinski definition) is 0. The van der Waals surface area contributed by atoms with Crippen LogP contribution in [0.2, 0.25) is 0 Å². The number of carbonyl (C=O) groups excluding carboxylic acids is 1. The number of ether oxygens (including phenoxy) is 1. The quantitative estimate of drug-likeness (QED) is 0.685. The Morgan fingerprint density at radius 1 is 1.24 bits per heavy atom. The number of aromatic nitrogens is 2. The summed E-state index contributed by atoms with van der Waals surface area (Å²) < 4.78 is 7.71. The average Bonchev–Trinajstić information content (AvgIpc) is 3.28. The van der Waals surface area contributed by atoms with Crippen molar-refractivity contribution >= 4 is 11.6 Å². The Balaban J connectivity index is 1.68. The van der Waals surface area contributed by atoms with Crippen LogP contribution in [0.3, 0.4) is 0 Å². The smallest absolute Gasteiger partial charge is 0.223 e. The molecule has 6 nitrogen and oxygen atoms in total. The Bertz CT molecular complexity index is 820. The summed E-state index contributed by atoms with van der Waals surface area (Å²) in [4.78, 5) is 17.2. The minimum atomic E-state index is 0.155. The zero-order valence-corrected chi connectivity index (χ0v) is 18.4. The van der Waals surface area contributed by atoms with Gasteiger partial charge in [-0.15, -0.1) is 0 Å². The normalized spacial score (nSPS) is 16.2. The van der Waals surface area contributed by atoms with E-state index in [2.05, 4.69) is 41.2 Å². The van der Waals surface area contributed by atoms with E-state index < -0.39 is 0 Å². The molecule has 2 aromatic rings. The molecule has 0 N–H and O–H groups in total. The molecule has 0 aliphatic carbocycles. The van der Waals surface area contributed by atoms with Crippen LogP contribution >= 0.6 is 0 Å². The maximum atomic E-state index is 13.1. The highest BCUT2D eigenvalue weighted by molar-refractivity contribution is 5.76. The maximum Gasteiger partial charge on any atom is 0.223 e. The topological polar surface area (TPSA) is 50.6 Å². The van der Waals surface area contributed by atoms with E-state index in [1.165, 1.54) is 5.56 Å². The van der Waals surface area contributed by atoms with Gasteiger partial charge in [-0.05, 0) is 56.4 Å². The van der Waals surface area contributed by atoms with Crippen LogP contribution in [0.4, 0.5) is 5.69 Å². The molecule has 1 amide bonds. The predicted molar refractivity (Wildman–Crippen MR) is 116 cm³/mol. The molecule has 1 fully saturated rings. The first-order chi connectivity index (χ1) is 13.8. The number of aryl methyl sites for hydroxylation is 2. The van der Waals surface area contributed by atoms with Gasteiger partial charge in [0.05, 0.1) is 11.8 Å². The second kappa shape index (κ2) is 9.44. The molecule has 2 heterocycles. The lowest BCUT2D eigenvalue weighted by molar-refractivity contribution is -0.133. The van der Waals surface area contributed by atoms with Gasteiger partial charge in [0.15, 0.2) is 0 Å². The Morgan fingerprint density at radius 2 is 1.97 bits per heavy atom. The van der Waals surface area contributed by atoms with Crippen LogP contribution in [0.5, 0.6) is 0 Å². The summed E-state index contributed by atoms with van der Waals surface area (Å²) in [7, 11) is 6.02. The second-order valence-corrected chi connectivity index (χ2v) is 8.24. The molecule has 6 heteroatoms. The zero-order valence-electron chi connectivity index (χ0n) is 18.4. The zero-order chi connectivity index (χ0) is 21.0. The lowest BCUT2D eigenvalue weighted by Gasteiger charge is -2.26. The molecule has 1 aromatic heterocycles. The average molecular weight is 399 g/mol. The first-order valence-corrected chi connectivity index (χ1v) is 10.5. The van der Waals surface area contributed by atoms with Crippen molar-refractivity contribution in [3.8, 4) is 0 Å². The summed E-state index contributed by atoms with van der Waals surface area (Å²) in [6.07, 6.45) is 3.49. The number of hydrogen-bond acceptors (Lipinski definition) is 4. The summed E-state index contributed by atoms with van der Waals surface area (Å²) in [5.41, 5.74) is 5.65. The van der Waals surface area contributed by atoms with Crippen molar-refractivity contribution in [2.45, 2.75) is 52.2 Å². The fourth-order valence-electron chi connectivity index (χ4n) is 3.98. The van der Waals surface area contributed by atoms with E-state index in [4.69, 9.17) is 4.74 Å². The molecular formula is C23H34N4O2. The largest absolute Gasteiger partial charge is 0.378 e. The molecule has 1 atom stereocenters. The van der Waals surface area contributed by atoms with Gasteiger partial charge in [-0.1, -0.05) is 12.1 Å². The highest BCUT2D eigenvalue weighted by Gasteiger charge is 2.23. The summed E-state index contributed by atoms with van der Waals surface area (Å²) in [5, 5.41) is 4.47. The van der Waals surface area contributed by atoms with E-state index >= 15 is 0 Å². The van der Waals surface area contributed by atoms with Gasteiger partial charge in [0.2, 0.25) is 5.91 Å². The standard InChI is InChI=1S/C23H34N4O2/c1-17-22(18(2)26(5)24-17)12-13-23(28)27(16-21-7-6-14-29-21)15-19-8-10-20(11-9-19)25(3)4/h8-11,21H,6-7,12-16H2,1-5H3. The second-order valence-electron chi connectivity index (χ2n) is 8.24. The molecule has 29 heavy (non-hydrogen) atoms. The van der Waals surface area contributed by atoms with Gasteiger partial charge in [-0.2, -0.15) is 5.10 Å². The molecule has 1 aromatic carbocycles. The fourth-order valence-corrected chi connectivity index (χ4v) is 3.98. The van der Waals surface area contributed by atoms with E-state index in [0.29, 0.717) is 19.5 Å². The minimum absolute atomic E-state index is 0.155. The minimum Gasteiger partial charge on any atom is -0.378 e. The maximum absolute atomic E-state index is 13.1. The molecule has 0 radical (unpaired) electrons. The van der Waals surface area contributed by atoms with Crippen molar-refractivity contribution < 1.29 is 9.53 Å². The lowest BCUT2D eigenvalue weighted by atomic mass is 10.1. The molecule has 1 aliphatic rings. The molecular weight excluding hydrogens is 364 g/mol. The van der Waals surface area contributed by atoms with Crippen molar-refractivity contribution in [1.82, 2.24) is 14.7 Å². The summed E-state index contributed by atoms with van der Waals surface area (Å²) >= 11 is 0. The third-order valence-corrected chi connectivity index (χ3v) is 5.87. The van der Waals surface area contributed by atoms with Crippen LogP contribution in [0, 0.1) is 13.8 Å². The third-order valence-electron chi connectivity index (χ3n) is 5.87. The number of benzene rings is 1. The number of anilines is 1. The first-order valence-electron chi connectivity index (χ1n) is 10.5. The van der Waals surface area contributed by atoms with Crippen LogP contribution in [0.15, 0.2) is 24.3 Å². The van der Waals surface area contributed by atoms with Gasteiger partial charge in [-0.25, -0.2) is 0 Å². The molecule has 1 aliphatic heterocycles. The Labute approximate surface area is 174 Å². The highest BCUT2D eigenvalue weighted by atomic mass is 16.5. The van der Waals surface area contributed by atoms with Crippen molar-refractivity contribution in [2.75, 3.05) is 32.1 Å². The van der Waals surface area contributed by atoms with Crippen LogP contribution in [0.25, 0.3) is 0 Å². The fraction of sp³-hybridized carbons (Fsp3) is 0.565. The van der Waals surface area contributed by atoms with Crippen LogP contribution < -0.4 is 4.90 Å². The first kappa shape index (κ1) is 21.4. The van der Waals surface area contributed by atoms with Gasteiger partial charge in [-0.3, -0.25) is 9.48 Å². The van der Waals surface area contributed by atoms with Gasteiger partial charge >= 0.3 is 0 Å². The number of amides is 1. The molecule has 158 valence electrons. The number of nitrogens with zero attached hydrogens (tertiary/aromatic N) is 4. The van der Waals surface area contributed by atoms with E-state index in [0.717, 1.165) is 48.5 Å². The Hall–Kier alpha value is -2.34. The lowest BCUT2D eigenvalue weighted by Crippen LogP contribution is -2.37.